The first-order valence-corrected chi connectivity index (χ1v) is 7.70. The van der Waals surface area contributed by atoms with Gasteiger partial charge in [0.25, 0.3) is 0 Å². The molecule has 6 nitrogen and oxygen atoms in total. The Hall–Kier alpha value is -2.24. The fourth-order valence-electron chi connectivity index (χ4n) is 2.16. The summed E-state index contributed by atoms with van der Waals surface area (Å²) in [7, 11) is 3.07. The molecule has 0 radical (unpaired) electrons. The molecule has 0 aliphatic heterocycles. The van der Waals surface area contributed by atoms with Gasteiger partial charge in [-0.25, -0.2) is 0 Å². The summed E-state index contributed by atoms with van der Waals surface area (Å²) in [6.07, 6.45) is 2.43. The van der Waals surface area contributed by atoms with Gasteiger partial charge in [-0.3, -0.25) is 9.59 Å². The molecule has 0 spiro atoms. The lowest BCUT2D eigenvalue weighted by Gasteiger charge is -2.17. The lowest BCUT2D eigenvalue weighted by Crippen LogP contribution is -2.12. The van der Waals surface area contributed by atoms with Crippen LogP contribution < -0.4 is 14.8 Å². The summed E-state index contributed by atoms with van der Waals surface area (Å²) in [5.74, 6) is 0.631. The monoisotopic (exact) mass is 323 g/mol. The minimum absolute atomic E-state index is 0.208. The second-order valence-electron chi connectivity index (χ2n) is 5.08. The molecule has 0 bridgehead atoms. The number of rotatable bonds is 9. The molecule has 0 fully saturated rings. The molecule has 0 aliphatic carbocycles. The average Bonchev–Trinajstić information content (AvgIpc) is 2.52. The van der Waals surface area contributed by atoms with Gasteiger partial charge < -0.3 is 19.5 Å². The number of carbonyl (C=O) groups excluding carboxylic acids is 2. The molecule has 6 heteroatoms. The van der Waals surface area contributed by atoms with E-state index in [0.717, 1.165) is 18.4 Å². The summed E-state index contributed by atoms with van der Waals surface area (Å²) < 4.78 is 15.8. The van der Waals surface area contributed by atoms with Crippen molar-refractivity contribution in [2.75, 3.05) is 26.1 Å². The van der Waals surface area contributed by atoms with Crippen LogP contribution in [-0.2, 0) is 20.7 Å². The third kappa shape index (κ3) is 5.81. The molecule has 0 saturated carbocycles. The van der Waals surface area contributed by atoms with E-state index in [9.17, 15) is 9.59 Å². The average molecular weight is 323 g/mol. The van der Waals surface area contributed by atoms with Crippen LogP contribution in [0.5, 0.6) is 11.5 Å². The molecule has 0 heterocycles. The summed E-state index contributed by atoms with van der Waals surface area (Å²) in [6.45, 7) is 3.89. The van der Waals surface area contributed by atoms with Gasteiger partial charge in [-0.15, -0.1) is 0 Å². The van der Waals surface area contributed by atoms with Crippen LogP contribution in [0.15, 0.2) is 12.1 Å². The minimum atomic E-state index is -0.267. The van der Waals surface area contributed by atoms with Gasteiger partial charge in [0.05, 0.1) is 26.5 Å². The first-order valence-electron chi connectivity index (χ1n) is 7.70. The highest BCUT2D eigenvalue weighted by atomic mass is 16.5. The van der Waals surface area contributed by atoms with Crippen molar-refractivity contribution in [3.8, 4) is 11.5 Å². The SMILES string of the molecule is CCCCOC(=O)CCc1c(OC)ccc(OC)c1NC(C)=O. The molecule has 1 N–H and O–H groups in total. The van der Waals surface area contributed by atoms with E-state index in [1.165, 1.54) is 14.0 Å². The number of ether oxygens (including phenoxy) is 3. The minimum Gasteiger partial charge on any atom is -0.496 e. The van der Waals surface area contributed by atoms with Gasteiger partial charge in [-0.2, -0.15) is 0 Å². The number of benzene rings is 1. The number of anilines is 1. The Labute approximate surface area is 137 Å². The van der Waals surface area contributed by atoms with E-state index in [1.807, 2.05) is 6.92 Å². The number of unbranched alkanes of at least 4 members (excludes halogenated alkanes) is 1. The third-order valence-electron chi connectivity index (χ3n) is 3.31. The van der Waals surface area contributed by atoms with Crippen LogP contribution in [0.1, 0.15) is 38.7 Å². The summed E-state index contributed by atoms with van der Waals surface area (Å²) in [4.78, 5) is 23.2. The molecule has 0 aromatic heterocycles. The smallest absolute Gasteiger partial charge is 0.306 e. The van der Waals surface area contributed by atoms with Crippen LogP contribution in [0, 0.1) is 0 Å². The molecule has 0 aliphatic rings. The Kier molecular flexibility index (Phi) is 7.94. The molecule has 1 aromatic carbocycles. The maximum absolute atomic E-state index is 11.8. The zero-order valence-electron chi connectivity index (χ0n) is 14.2. The number of hydrogen-bond donors (Lipinski definition) is 1. The first-order chi connectivity index (χ1) is 11.0. The molecule has 1 aromatic rings. The Morgan fingerprint density at radius 3 is 2.35 bits per heavy atom. The highest BCUT2D eigenvalue weighted by Gasteiger charge is 2.17. The highest BCUT2D eigenvalue weighted by molar-refractivity contribution is 5.92. The lowest BCUT2D eigenvalue weighted by molar-refractivity contribution is -0.143. The second kappa shape index (κ2) is 9.71. The number of hydrogen-bond acceptors (Lipinski definition) is 5. The van der Waals surface area contributed by atoms with Crippen LogP contribution in [0.2, 0.25) is 0 Å². The van der Waals surface area contributed by atoms with Crippen molar-refractivity contribution in [1.82, 2.24) is 0 Å². The summed E-state index contributed by atoms with van der Waals surface area (Å²) in [6, 6.07) is 3.47. The Bertz CT molecular complexity index is 542. The van der Waals surface area contributed by atoms with E-state index in [1.54, 1.807) is 19.2 Å². The van der Waals surface area contributed by atoms with Crippen LogP contribution in [0.4, 0.5) is 5.69 Å². The zero-order valence-corrected chi connectivity index (χ0v) is 14.2. The van der Waals surface area contributed by atoms with Crippen molar-refractivity contribution < 1.29 is 23.8 Å². The molecule has 128 valence electrons. The Morgan fingerprint density at radius 2 is 1.78 bits per heavy atom. The van der Waals surface area contributed by atoms with E-state index in [0.29, 0.717) is 30.2 Å². The van der Waals surface area contributed by atoms with E-state index in [4.69, 9.17) is 14.2 Å². The van der Waals surface area contributed by atoms with Gasteiger partial charge in [0, 0.05) is 18.9 Å². The molecule has 23 heavy (non-hydrogen) atoms. The first kappa shape index (κ1) is 18.8. The van der Waals surface area contributed by atoms with Crippen molar-refractivity contribution >= 4 is 17.6 Å². The van der Waals surface area contributed by atoms with E-state index >= 15 is 0 Å². The zero-order chi connectivity index (χ0) is 17.2. The number of amides is 1. The molecule has 0 atom stereocenters. The van der Waals surface area contributed by atoms with Gasteiger partial charge in [-0.1, -0.05) is 13.3 Å². The summed E-state index contributed by atoms with van der Waals surface area (Å²) in [5.41, 5.74) is 1.25. The van der Waals surface area contributed by atoms with E-state index in [2.05, 4.69) is 5.32 Å². The van der Waals surface area contributed by atoms with Gasteiger partial charge in [-0.05, 0) is 25.0 Å². The van der Waals surface area contributed by atoms with Crippen molar-refractivity contribution in [1.29, 1.82) is 0 Å². The molecule has 1 amide bonds. The fourth-order valence-corrected chi connectivity index (χ4v) is 2.16. The summed E-state index contributed by atoms with van der Waals surface area (Å²) in [5, 5.41) is 2.75. The van der Waals surface area contributed by atoms with Crippen molar-refractivity contribution in [2.45, 2.75) is 39.5 Å². The molecular formula is C17H25NO5. The topological polar surface area (TPSA) is 73.9 Å². The lowest BCUT2D eigenvalue weighted by atomic mass is 10.0. The Balaban J connectivity index is 2.93. The van der Waals surface area contributed by atoms with Gasteiger partial charge in [0.15, 0.2) is 0 Å². The predicted molar refractivity (Wildman–Crippen MR) is 88.0 cm³/mol. The summed E-state index contributed by atoms with van der Waals surface area (Å²) >= 11 is 0. The highest BCUT2D eigenvalue weighted by Crippen LogP contribution is 2.36. The van der Waals surface area contributed by atoms with E-state index in [-0.39, 0.29) is 18.3 Å². The molecule has 0 unspecified atom stereocenters. The van der Waals surface area contributed by atoms with Crippen molar-refractivity contribution in [2.24, 2.45) is 0 Å². The molecule has 0 saturated heterocycles. The molecular weight excluding hydrogens is 298 g/mol. The van der Waals surface area contributed by atoms with Gasteiger partial charge in [0.2, 0.25) is 5.91 Å². The standard InChI is InChI=1S/C17H25NO5/c1-5-6-11-23-16(20)10-7-13-14(21-3)8-9-15(22-4)17(13)18-12(2)19/h8-9H,5-7,10-11H2,1-4H3,(H,18,19). The fraction of sp³-hybridized carbons (Fsp3) is 0.529. The third-order valence-corrected chi connectivity index (χ3v) is 3.31. The number of nitrogens with one attached hydrogen (secondary N) is 1. The number of esters is 1. The van der Waals surface area contributed by atoms with Crippen molar-refractivity contribution in [3.05, 3.63) is 17.7 Å². The quantitative estimate of drug-likeness (QED) is 0.559. The largest absolute Gasteiger partial charge is 0.496 e. The maximum Gasteiger partial charge on any atom is 0.306 e. The van der Waals surface area contributed by atoms with Crippen LogP contribution in [0.3, 0.4) is 0 Å². The number of carbonyl (C=O) groups is 2. The van der Waals surface area contributed by atoms with E-state index < -0.39 is 0 Å². The Morgan fingerprint density at radius 1 is 1.13 bits per heavy atom. The maximum atomic E-state index is 11.8. The predicted octanol–water partition coefficient (Wildman–Crippen LogP) is 2.94. The number of methoxy groups -OCH3 is 2. The molecule has 1 rings (SSSR count). The van der Waals surface area contributed by atoms with Crippen LogP contribution in [-0.4, -0.2) is 32.7 Å². The van der Waals surface area contributed by atoms with Crippen molar-refractivity contribution in [3.63, 3.8) is 0 Å². The van der Waals surface area contributed by atoms with Gasteiger partial charge in [0.1, 0.15) is 11.5 Å². The van der Waals surface area contributed by atoms with Gasteiger partial charge >= 0.3 is 5.97 Å². The second-order valence-corrected chi connectivity index (χ2v) is 5.08. The van der Waals surface area contributed by atoms with Crippen LogP contribution in [0.25, 0.3) is 0 Å². The normalized spacial score (nSPS) is 10.1. The van der Waals surface area contributed by atoms with Crippen LogP contribution >= 0.6 is 0 Å².